The van der Waals surface area contributed by atoms with Gasteiger partial charge in [0.15, 0.2) is 0 Å². The molecule has 0 aliphatic carbocycles. The predicted molar refractivity (Wildman–Crippen MR) is 105 cm³/mol. The van der Waals surface area contributed by atoms with Gasteiger partial charge in [-0.3, -0.25) is 19.4 Å². The van der Waals surface area contributed by atoms with Gasteiger partial charge < -0.3 is 10.6 Å². The van der Waals surface area contributed by atoms with E-state index in [0.29, 0.717) is 5.57 Å². The van der Waals surface area contributed by atoms with E-state index in [9.17, 15) is 9.59 Å². The van der Waals surface area contributed by atoms with E-state index in [0.717, 1.165) is 32.8 Å². The first-order valence-corrected chi connectivity index (χ1v) is 8.78. The molecule has 0 radical (unpaired) electrons. The van der Waals surface area contributed by atoms with Crippen molar-refractivity contribution in [1.29, 1.82) is 0 Å². The second-order valence-electron chi connectivity index (χ2n) is 5.99. The van der Waals surface area contributed by atoms with Crippen LogP contribution in [0.4, 0.5) is 11.4 Å². The van der Waals surface area contributed by atoms with Crippen molar-refractivity contribution in [2.75, 3.05) is 10.6 Å². The number of amides is 1. The van der Waals surface area contributed by atoms with Gasteiger partial charge in [-0.15, -0.1) is 0 Å². The zero-order valence-corrected chi connectivity index (χ0v) is 15.4. The maximum Gasteiger partial charge on any atom is 0.264 e. The van der Waals surface area contributed by atoms with E-state index in [1.165, 1.54) is 0 Å². The summed E-state index contributed by atoms with van der Waals surface area (Å²) in [4.78, 5) is 23.6. The average Bonchev–Trinajstić information content (AvgIpc) is 3.11. The Morgan fingerprint density at radius 3 is 2.54 bits per heavy atom. The first-order chi connectivity index (χ1) is 12.5. The number of nitrogens with one attached hydrogen (secondary N) is 3. The van der Waals surface area contributed by atoms with Crippen molar-refractivity contribution in [3.05, 3.63) is 80.8 Å². The molecule has 0 bridgehead atoms. The summed E-state index contributed by atoms with van der Waals surface area (Å²) in [6.45, 7) is 1.86. The fraction of sp³-hybridized carbons (Fsp3) is 0.0526. The lowest BCUT2D eigenvalue weighted by Crippen LogP contribution is -2.05. The summed E-state index contributed by atoms with van der Waals surface area (Å²) in [6, 6.07) is 14.8. The van der Waals surface area contributed by atoms with Gasteiger partial charge in [0.25, 0.3) is 11.5 Å². The number of hydrogen-bond donors (Lipinski definition) is 3. The SMILES string of the molecule is Cc1cc(=O)[nH]n1-c1ccc(N/C=C2/C(=O)Nc3cc(Br)ccc32)cc1. The van der Waals surface area contributed by atoms with Crippen LogP contribution in [0.2, 0.25) is 0 Å². The second-order valence-corrected chi connectivity index (χ2v) is 6.91. The molecule has 0 atom stereocenters. The molecule has 26 heavy (non-hydrogen) atoms. The van der Waals surface area contributed by atoms with Crippen molar-refractivity contribution in [2.45, 2.75) is 6.92 Å². The van der Waals surface area contributed by atoms with Gasteiger partial charge in [0.1, 0.15) is 0 Å². The highest BCUT2D eigenvalue weighted by molar-refractivity contribution is 9.10. The van der Waals surface area contributed by atoms with Crippen molar-refractivity contribution in [2.24, 2.45) is 0 Å². The minimum Gasteiger partial charge on any atom is -0.361 e. The molecule has 1 amide bonds. The number of carbonyl (C=O) groups excluding carboxylic acids is 1. The van der Waals surface area contributed by atoms with Gasteiger partial charge in [0.05, 0.1) is 16.9 Å². The maximum atomic E-state index is 12.2. The number of H-pyrrole nitrogens is 1. The Labute approximate surface area is 157 Å². The number of aromatic amines is 1. The lowest BCUT2D eigenvalue weighted by Gasteiger charge is -2.07. The standard InChI is InChI=1S/C19H15BrN4O2/c1-11-8-18(25)23-24(11)14-5-3-13(4-6-14)21-10-16-15-7-2-12(20)9-17(15)22-19(16)26/h2-10,21H,1H3,(H,22,26)(H,23,25)/b16-10+. The van der Waals surface area contributed by atoms with Gasteiger partial charge >= 0.3 is 0 Å². The molecule has 130 valence electrons. The minimum absolute atomic E-state index is 0.132. The fourth-order valence-corrected chi connectivity index (χ4v) is 3.29. The summed E-state index contributed by atoms with van der Waals surface area (Å²) in [5.74, 6) is -0.136. The van der Waals surface area contributed by atoms with Gasteiger partial charge in [-0.1, -0.05) is 22.0 Å². The van der Waals surface area contributed by atoms with Crippen molar-refractivity contribution in [3.8, 4) is 5.69 Å². The van der Waals surface area contributed by atoms with Crippen LogP contribution in [0.3, 0.4) is 0 Å². The number of aryl methyl sites for hydroxylation is 1. The number of nitrogens with zero attached hydrogens (tertiary/aromatic N) is 1. The molecule has 6 nitrogen and oxygen atoms in total. The van der Waals surface area contributed by atoms with Gasteiger partial charge in [-0.25, -0.2) is 0 Å². The van der Waals surface area contributed by atoms with Crippen LogP contribution in [0.15, 0.2) is 64.0 Å². The Morgan fingerprint density at radius 2 is 1.85 bits per heavy atom. The van der Waals surface area contributed by atoms with Crippen LogP contribution >= 0.6 is 15.9 Å². The summed E-state index contributed by atoms with van der Waals surface area (Å²) < 4.78 is 2.64. The monoisotopic (exact) mass is 410 g/mol. The summed E-state index contributed by atoms with van der Waals surface area (Å²) in [7, 11) is 0. The molecule has 0 saturated heterocycles. The third-order valence-electron chi connectivity index (χ3n) is 4.19. The van der Waals surface area contributed by atoms with Crippen molar-refractivity contribution in [1.82, 2.24) is 9.78 Å². The Hall–Kier alpha value is -3.06. The Kier molecular flexibility index (Phi) is 4.00. The number of carbonyl (C=O) groups is 1. The predicted octanol–water partition coefficient (Wildman–Crippen LogP) is 3.64. The molecule has 0 fully saturated rings. The number of aromatic nitrogens is 2. The van der Waals surface area contributed by atoms with E-state index in [1.807, 2.05) is 49.4 Å². The van der Waals surface area contributed by atoms with Crippen LogP contribution in [0, 0.1) is 6.92 Å². The lowest BCUT2D eigenvalue weighted by atomic mass is 10.1. The smallest absolute Gasteiger partial charge is 0.264 e. The second kappa shape index (κ2) is 6.34. The molecule has 0 unspecified atom stereocenters. The molecule has 2 aromatic carbocycles. The van der Waals surface area contributed by atoms with E-state index in [-0.39, 0.29) is 11.5 Å². The first kappa shape index (κ1) is 16.4. The Morgan fingerprint density at radius 1 is 1.08 bits per heavy atom. The third kappa shape index (κ3) is 2.97. The van der Waals surface area contributed by atoms with Crippen LogP contribution in [-0.4, -0.2) is 15.7 Å². The topological polar surface area (TPSA) is 78.9 Å². The Bertz CT molecular complexity index is 1090. The zero-order chi connectivity index (χ0) is 18.3. The molecule has 1 aliphatic rings. The van der Waals surface area contributed by atoms with Gasteiger partial charge in [0.2, 0.25) is 0 Å². The molecule has 0 spiro atoms. The highest BCUT2D eigenvalue weighted by atomic mass is 79.9. The molecule has 3 aromatic rings. The third-order valence-corrected chi connectivity index (χ3v) is 4.68. The molecular formula is C19H15BrN4O2. The first-order valence-electron chi connectivity index (χ1n) is 7.98. The summed E-state index contributed by atoms with van der Waals surface area (Å²) in [5, 5.41) is 8.75. The quantitative estimate of drug-likeness (QED) is 0.576. The van der Waals surface area contributed by atoms with Crippen LogP contribution in [0.25, 0.3) is 11.3 Å². The Balaban J connectivity index is 1.57. The van der Waals surface area contributed by atoms with Crippen LogP contribution < -0.4 is 16.2 Å². The molecule has 4 rings (SSSR count). The van der Waals surface area contributed by atoms with Crippen LogP contribution in [-0.2, 0) is 4.79 Å². The van der Waals surface area contributed by atoms with Crippen molar-refractivity contribution >= 4 is 38.8 Å². The molecule has 1 aromatic heterocycles. The number of halogens is 1. The molecule has 1 aliphatic heterocycles. The lowest BCUT2D eigenvalue weighted by molar-refractivity contribution is -0.110. The van der Waals surface area contributed by atoms with Gasteiger partial charge in [0, 0.05) is 33.7 Å². The largest absolute Gasteiger partial charge is 0.361 e. The van der Waals surface area contributed by atoms with E-state index >= 15 is 0 Å². The van der Waals surface area contributed by atoms with E-state index < -0.39 is 0 Å². The number of anilines is 2. The molecule has 7 heteroatoms. The molecule has 2 heterocycles. The molecule has 0 saturated carbocycles. The zero-order valence-electron chi connectivity index (χ0n) is 13.8. The van der Waals surface area contributed by atoms with E-state index in [1.54, 1.807) is 16.9 Å². The highest BCUT2D eigenvalue weighted by Gasteiger charge is 2.23. The van der Waals surface area contributed by atoms with E-state index in [4.69, 9.17) is 0 Å². The maximum absolute atomic E-state index is 12.2. The number of benzene rings is 2. The fourth-order valence-electron chi connectivity index (χ4n) is 2.93. The number of fused-ring (bicyclic) bond motifs is 1. The van der Waals surface area contributed by atoms with E-state index in [2.05, 4.69) is 31.7 Å². The van der Waals surface area contributed by atoms with Gasteiger partial charge in [-0.05, 0) is 43.3 Å². The molecule has 3 N–H and O–H groups in total. The molecular weight excluding hydrogens is 396 g/mol. The summed E-state index contributed by atoms with van der Waals surface area (Å²) >= 11 is 3.40. The number of rotatable bonds is 3. The average molecular weight is 411 g/mol. The summed E-state index contributed by atoms with van der Waals surface area (Å²) in [5.41, 5.74) is 4.64. The van der Waals surface area contributed by atoms with Gasteiger partial charge in [-0.2, -0.15) is 0 Å². The van der Waals surface area contributed by atoms with Crippen molar-refractivity contribution < 1.29 is 4.79 Å². The minimum atomic E-state index is -0.136. The van der Waals surface area contributed by atoms with Crippen LogP contribution in [0.1, 0.15) is 11.3 Å². The number of hydrogen-bond acceptors (Lipinski definition) is 3. The van der Waals surface area contributed by atoms with Crippen LogP contribution in [0.5, 0.6) is 0 Å². The highest BCUT2D eigenvalue weighted by Crippen LogP contribution is 2.33. The van der Waals surface area contributed by atoms with Crippen molar-refractivity contribution in [3.63, 3.8) is 0 Å². The normalized spacial score (nSPS) is 14.4. The summed E-state index contributed by atoms with van der Waals surface area (Å²) in [6.07, 6.45) is 1.70.